The Hall–Kier alpha value is -2.16. The second kappa shape index (κ2) is 14.0. The Kier molecular flexibility index (Phi) is 12.1. The van der Waals surface area contributed by atoms with E-state index in [1.807, 2.05) is 36.4 Å². The van der Waals surface area contributed by atoms with E-state index in [0.717, 1.165) is 16.7 Å². The minimum Gasteiger partial charge on any atom is -0.464 e. The summed E-state index contributed by atoms with van der Waals surface area (Å²) in [5, 5.41) is 20.7. The standard InChI is InChI=1S/C19H20Cl2O4.C3H7NO2/c1-2-25-19(24)18(23)17(22)8-5-12-3-6-13(7-4-12)14-9-15(20)11-16(21)10-14;1-6-2-3(4)5/h3-4,6-7,9-11,17-18,22-23H,2,5,8H2,1H3;2H2,1H3,(H2,4,5). The molecule has 0 spiro atoms. The first kappa shape index (κ1) is 26.9. The lowest BCUT2D eigenvalue weighted by atomic mass is 10.00. The van der Waals surface area contributed by atoms with Crippen molar-refractivity contribution in [3.8, 4) is 11.1 Å². The van der Waals surface area contributed by atoms with Gasteiger partial charge in [-0.3, -0.25) is 4.79 Å². The average Bonchev–Trinajstić information content (AvgIpc) is 2.71. The first-order chi connectivity index (χ1) is 14.7. The SMILES string of the molecule is CCOC(=O)C(O)C(O)CCc1ccc(-c2cc(Cl)cc(Cl)c2)cc1.COCC(N)=O. The van der Waals surface area contributed by atoms with Crippen LogP contribution in [0.3, 0.4) is 0 Å². The maximum Gasteiger partial charge on any atom is 0.337 e. The van der Waals surface area contributed by atoms with Crippen LogP contribution >= 0.6 is 23.2 Å². The maximum absolute atomic E-state index is 11.4. The highest BCUT2D eigenvalue weighted by atomic mass is 35.5. The molecule has 0 aliphatic heterocycles. The molecule has 0 saturated carbocycles. The molecule has 0 saturated heterocycles. The van der Waals surface area contributed by atoms with Gasteiger partial charge in [-0.1, -0.05) is 47.5 Å². The van der Waals surface area contributed by atoms with E-state index in [1.54, 1.807) is 13.0 Å². The van der Waals surface area contributed by atoms with Crippen LogP contribution in [-0.2, 0) is 25.5 Å². The molecule has 0 heterocycles. The minimum absolute atomic E-state index is 0.0139. The highest BCUT2D eigenvalue weighted by Gasteiger charge is 2.25. The number of rotatable bonds is 9. The van der Waals surface area contributed by atoms with E-state index in [9.17, 15) is 19.8 Å². The number of halogens is 2. The summed E-state index contributed by atoms with van der Waals surface area (Å²) >= 11 is 12.0. The molecule has 9 heteroatoms. The molecule has 2 atom stereocenters. The number of aryl methyl sites for hydroxylation is 1. The number of benzene rings is 2. The lowest BCUT2D eigenvalue weighted by Gasteiger charge is -2.16. The number of primary amides is 1. The van der Waals surface area contributed by atoms with Crippen LogP contribution in [0.25, 0.3) is 11.1 Å². The number of carbonyl (C=O) groups is 2. The number of nitrogens with two attached hydrogens (primary N) is 1. The third-order valence-electron chi connectivity index (χ3n) is 4.06. The van der Waals surface area contributed by atoms with Crippen molar-refractivity contribution >= 4 is 35.1 Å². The van der Waals surface area contributed by atoms with Crippen LogP contribution in [-0.4, -0.2) is 54.6 Å². The lowest BCUT2D eigenvalue weighted by molar-refractivity contribution is -0.159. The van der Waals surface area contributed by atoms with Crippen molar-refractivity contribution in [2.45, 2.75) is 32.0 Å². The number of hydrogen-bond donors (Lipinski definition) is 3. The van der Waals surface area contributed by atoms with Gasteiger partial charge in [0.05, 0.1) is 12.7 Å². The van der Waals surface area contributed by atoms with E-state index in [1.165, 1.54) is 7.11 Å². The monoisotopic (exact) mass is 471 g/mol. The Morgan fingerprint density at radius 1 is 1.03 bits per heavy atom. The van der Waals surface area contributed by atoms with E-state index >= 15 is 0 Å². The fraction of sp³-hybridized carbons (Fsp3) is 0.364. The number of hydrogen-bond acceptors (Lipinski definition) is 6. The van der Waals surface area contributed by atoms with Crippen molar-refractivity contribution in [3.63, 3.8) is 0 Å². The predicted octanol–water partition coefficient (Wildman–Crippen LogP) is 3.00. The molecular weight excluding hydrogens is 445 g/mol. The van der Waals surface area contributed by atoms with Gasteiger partial charge in [-0.15, -0.1) is 0 Å². The summed E-state index contributed by atoms with van der Waals surface area (Å²) in [6.07, 6.45) is -1.91. The second-order valence-corrected chi connectivity index (χ2v) is 7.43. The van der Waals surface area contributed by atoms with Crippen molar-refractivity contribution in [2.75, 3.05) is 20.3 Å². The van der Waals surface area contributed by atoms with Crippen molar-refractivity contribution in [3.05, 3.63) is 58.1 Å². The van der Waals surface area contributed by atoms with Gasteiger partial charge < -0.3 is 25.4 Å². The first-order valence-corrected chi connectivity index (χ1v) is 10.3. The average molecular weight is 472 g/mol. The van der Waals surface area contributed by atoms with Gasteiger partial charge in [0.25, 0.3) is 0 Å². The second-order valence-electron chi connectivity index (χ2n) is 6.56. The van der Waals surface area contributed by atoms with Gasteiger partial charge in [-0.2, -0.15) is 0 Å². The quantitative estimate of drug-likeness (QED) is 0.483. The van der Waals surface area contributed by atoms with Crippen LogP contribution in [0, 0.1) is 0 Å². The minimum atomic E-state index is -1.52. The van der Waals surface area contributed by atoms with Crippen molar-refractivity contribution in [1.82, 2.24) is 0 Å². The van der Waals surface area contributed by atoms with Gasteiger partial charge in [-0.25, -0.2) is 4.79 Å². The predicted molar refractivity (Wildman–Crippen MR) is 120 cm³/mol. The molecule has 0 bridgehead atoms. The van der Waals surface area contributed by atoms with E-state index in [4.69, 9.17) is 27.9 Å². The highest BCUT2D eigenvalue weighted by molar-refractivity contribution is 6.35. The molecule has 0 radical (unpaired) electrons. The number of ether oxygens (including phenoxy) is 2. The van der Waals surface area contributed by atoms with Gasteiger partial charge in [0.15, 0.2) is 6.10 Å². The van der Waals surface area contributed by atoms with Gasteiger partial charge in [-0.05, 0) is 54.7 Å². The Bertz CT molecular complexity index is 824. The Morgan fingerprint density at radius 2 is 1.61 bits per heavy atom. The van der Waals surface area contributed by atoms with Crippen LogP contribution < -0.4 is 5.73 Å². The first-order valence-electron chi connectivity index (χ1n) is 9.53. The van der Waals surface area contributed by atoms with Crippen molar-refractivity contribution in [1.29, 1.82) is 0 Å². The van der Waals surface area contributed by atoms with Crippen LogP contribution in [0.4, 0.5) is 0 Å². The Labute approximate surface area is 191 Å². The summed E-state index contributed by atoms with van der Waals surface area (Å²) in [7, 11) is 1.42. The molecule has 0 aliphatic carbocycles. The fourth-order valence-corrected chi connectivity index (χ4v) is 3.11. The van der Waals surface area contributed by atoms with Gasteiger partial charge in [0.1, 0.15) is 6.61 Å². The van der Waals surface area contributed by atoms with E-state index in [2.05, 4.69) is 10.5 Å². The number of amides is 1. The zero-order valence-corrected chi connectivity index (χ0v) is 18.9. The number of carbonyl (C=O) groups excluding carboxylic acids is 2. The van der Waals surface area contributed by atoms with E-state index < -0.39 is 24.1 Å². The Morgan fingerprint density at radius 3 is 2.06 bits per heavy atom. The maximum atomic E-state index is 11.4. The van der Waals surface area contributed by atoms with E-state index in [-0.39, 0.29) is 19.6 Å². The highest BCUT2D eigenvalue weighted by Crippen LogP contribution is 2.27. The molecule has 1 amide bonds. The molecule has 2 aromatic rings. The largest absolute Gasteiger partial charge is 0.464 e. The van der Waals surface area contributed by atoms with E-state index in [0.29, 0.717) is 16.5 Å². The number of aliphatic hydroxyl groups is 2. The van der Waals surface area contributed by atoms with Crippen molar-refractivity contribution < 1.29 is 29.3 Å². The van der Waals surface area contributed by atoms with Crippen LogP contribution in [0.5, 0.6) is 0 Å². The lowest BCUT2D eigenvalue weighted by Crippen LogP contribution is -2.35. The summed E-state index contributed by atoms with van der Waals surface area (Å²) in [4.78, 5) is 21.1. The molecule has 2 rings (SSSR count). The summed E-state index contributed by atoms with van der Waals surface area (Å²) < 4.78 is 9.02. The van der Waals surface area contributed by atoms with Gasteiger partial charge in [0, 0.05) is 17.2 Å². The summed E-state index contributed by atoms with van der Waals surface area (Å²) in [5.41, 5.74) is 7.51. The molecular formula is C22H27Cl2NO6. The third-order valence-corrected chi connectivity index (χ3v) is 4.49. The molecule has 0 aliphatic rings. The van der Waals surface area contributed by atoms with Gasteiger partial charge in [0.2, 0.25) is 5.91 Å². The molecule has 2 aromatic carbocycles. The summed E-state index contributed by atoms with van der Waals surface area (Å²) in [6.45, 7) is 1.82. The smallest absolute Gasteiger partial charge is 0.337 e. The van der Waals surface area contributed by atoms with Crippen molar-refractivity contribution in [2.24, 2.45) is 5.73 Å². The molecule has 7 nitrogen and oxygen atoms in total. The Balaban J connectivity index is 0.000000703. The van der Waals surface area contributed by atoms with Crippen LogP contribution in [0.1, 0.15) is 18.9 Å². The van der Waals surface area contributed by atoms with Gasteiger partial charge >= 0.3 is 5.97 Å². The molecule has 170 valence electrons. The number of methoxy groups -OCH3 is 1. The van der Waals surface area contributed by atoms with Crippen LogP contribution in [0.15, 0.2) is 42.5 Å². The summed E-state index contributed by atoms with van der Waals surface area (Å²) in [5.74, 6) is -1.24. The normalized spacial score (nSPS) is 12.3. The zero-order chi connectivity index (χ0) is 23.4. The van der Waals surface area contributed by atoms with Crippen LogP contribution in [0.2, 0.25) is 10.0 Å². The number of aliphatic hydroxyl groups excluding tert-OH is 2. The molecule has 2 unspecified atom stereocenters. The molecule has 4 N–H and O–H groups in total. The fourth-order valence-electron chi connectivity index (χ4n) is 2.58. The summed E-state index contributed by atoms with van der Waals surface area (Å²) in [6, 6.07) is 13.1. The molecule has 31 heavy (non-hydrogen) atoms. The third kappa shape index (κ3) is 10.1. The number of esters is 1. The molecule has 0 fully saturated rings. The molecule has 0 aromatic heterocycles. The zero-order valence-electron chi connectivity index (χ0n) is 17.4. The topological polar surface area (TPSA) is 119 Å².